The summed E-state index contributed by atoms with van der Waals surface area (Å²) >= 11 is 6.46. The molecule has 0 aliphatic carbocycles. The molecule has 2 amide bonds. The minimum absolute atomic E-state index is 0.0129. The third kappa shape index (κ3) is 7.67. The highest BCUT2D eigenvalue weighted by atomic mass is 35.5. The van der Waals surface area contributed by atoms with Gasteiger partial charge in [0.1, 0.15) is 23.8 Å². The van der Waals surface area contributed by atoms with E-state index in [1.54, 1.807) is 26.8 Å². The van der Waals surface area contributed by atoms with Crippen molar-refractivity contribution in [3.8, 4) is 12.1 Å². The van der Waals surface area contributed by atoms with E-state index in [0.29, 0.717) is 35.6 Å². The third-order valence-corrected chi connectivity index (χ3v) is 9.66. The second-order valence-corrected chi connectivity index (χ2v) is 14.5. The van der Waals surface area contributed by atoms with E-state index in [4.69, 9.17) is 31.0 Å². The number of nitriles is 1. The quantitative estimate of drug-likeness (QED) is 0.200. The third-order valence-electron chi connectivity index (χ3n) is 9.29. The Hall–Kier alpha value is -4.84. The summed E-state index contributed by atoms with van der Waals surface area (Å²) in [5.74, 6) is -5.28. The molecule has 276 valence electrons. The minimum atomic E-state index is -3.16. The van der Waals surface area contributed by atoms with Crippen molar-refractivity contribution in [2.75, 3.05) is 49.1 Å². The zero-order chi connectivity index (χ0) is 37.5. The lowest BCUT2D eigenvalue weighted by Crippen LogP contribution is -2.55. The molecule has 0 spiro atoms. The summed E-state index contributed by atoms with van der Waals surface area (Å²) in [5.41, 5.74) is 1.08. The van der Waals surface area contributed by atoms with Crippen molar-refractivity contribution in [2.45, 2.75) is 70.2 Å². The smallest absolute Gasteiger partial charge is 0.410 e. The van der Waals surface area contributed by atoms with Crippen LogP contribution in [0, 0.1) is 17.1 Å². The number of hydrogen-bond donors (Lipinski definition) is 0. The predicted molar refractivity (Wildman–Crippen MR) is 186 cm³/mol. The molecule has 0 radical (unpaired) electrons. The molecule has 3 aromatic rings. The van der Waals surface area contributed by atoms with Crippen LogP contribution in [0.2, 0.25) is 5.02 Å². The number of carbonyl (C=O) groups is 2. The van der Waals surface area contributed by atoms with Gasteiger partial charge in [-0.3, -0.25) is 9.69 Å². The van der Waals surface area contributed by atoms with E-state index in [9.17, 15) is 32.4 Å². The Morgan fingerprint density at radius 2 is 1.87 bits per heavy atom. The number of halogens is 5. The number of benzene rings is 2. The van der Waals surface area contributed by atoms with E-state index in [2.05, 4.69) is 12.6 Å². The molecule has 6 rings (SSSR count). The number of alkyl halides is 2. The van der Waals surface area contributed by atoms with Crippen LogP contribution in [-0.4, -0.2) is 94.7 Å². The van der Waals surface area contributed by atoms with Crippen molar-refractivity contribution in [1.82, 2.24) is 19.8 Å². The largest absolute Gasteiger partial charge is 0.461 e. The van der Waals surface area contributed by atoms with Gasteiger partial charge in [0.15, 0.2) is 5.83 Å². The molecule has 2 saturated heterocycles. The highest BCUT2D eigenvalue weighted by Crippen LogP contribution is 2.39. The fourth-order valence-electron chi connectivity index (χ4n) is 6.98. The average molecular weight is 744 g/mol. The number of ether oxygens (including phenoxy) is 2. The van der Waals surface area contributed by atoms with Crippen LogP contribution < -0.4 is 14.5 Å². The molecule has 0 bridgehead atoms. The highest BCUT2D eigenvalue weighted by Gasteiger charge is 2.49. The van der Waals surface area contributed by atoms with E-state index in [0.717, 1.165) is 15.8 Å². The maximum Gasteiger partial charge on any atom is 0.410 e. The number of anilines is 2. The van der Waals surface area contributed by atoms with E-state index >= 15 is 0 Å². The van der Waals surface area contributed by atoms with Gasteiger partial charge in [-0.25, -0.2) is 22.4 Å². The van der Waals surface area contributed by atoms with Gasteiger partial charge in [0.25, 0.3) is 11.8 Å². The van der Waals surface area contributed by atoms with Crippen LogP contribution in [0.15, 0.2) is 42.7 Å². The molecular formula is C36H38ClF4N7O4. The number of amides is 2. The molecule has 11 nitrogen and oxygen atoms in total. The summed E-state index contributed by atoms with van der Waals surface area (Å²) in [4.78, 5) is 41.0. The standard InChI is InChI=1S/C36H38ClF4N7O4/c1-21(38)32(49)47-15-14-46(17-23(47)10-12-42)31-25-11-13-45(28-7-5-6-22-8-9-26(39)30(37)29(22)28)18-27(25)43-33(44-31)51-19-24-16-36(40,41)20-48(24)34(50)52-35(2,3)4/h5-9,23-24H,1,10-11,13-20H2,2-4H3/t23-,24-/m0/s1. The number of carbonyl (C=O) groups excluding carboxylic acids is 2. The molecule has 2 atom stereocenters. The van der Waals surface area contributed by atoms with Gasteiger partial charge in [-0.1, -0.05) is 36.4 Å². The van der Waals surface area contributed by atoms with Gasteiger partial charge in [0, 0.05) is 49.2 Å². The second kappa shape index (κ2) is 14.3. The van der Waals surface area contributed by atoms with Crippen LogP contribution in [0.3, 0.4) is 0 Å². The van der Waals surface area contributed by atoms with Crippen LogP contribution in [0.4, 0.5) is 33.9 Å². The minimum Gasteiger partial charge on any atom is -0.461 e. The number of nitrogens with zero attached hydrogens (tertiary/aromatic N) is 7. The molecule has 52 heavy (non-hydrogen) atoms. The van der Waals surface area contributed by atoms with Crippen LogP contribution >= 0.6 is 11.6 Å². The Kier molecular flexibility index (Phi) is 10.2. The predicted octanol–water partition coefficient (Wildman–Crippen LogP) is 6.42. The Morgan fingerprint density at radius 1 is 1.10 bits per heavy atom. The van der Waals surface area contributed by atoms with Crippen LogP contribution in [0.1, 0.15) is 44.9 Å². The van der Waals surface area contributed by atoms with Crippen molar-refractivity contribution in [3.63, 3.8) is 0 Å². The number of hydrogen-bond acceptors (Lipinski definition) is 9. The van der Waals surface area contributed by atoms with E-state index in [1.165, 1.54) is 11.0 Å². The van der Waals surface area contributed by atoms with E-state index in [1.807, 2.05) is 28.0 Å². The number of rotatable bonds is 7. The van der Waals surface area contributed by atoms with Crippen molar-refractivity contribution in [2.24, 2.45) is 0 Å². The molecule has 0 N–H and O–H groups in total. The Balaban J connectivity index is 1.34. The summed E-state index contributed by atoms with van der Waals surface area (Å²) < 4.78 is 69.2. The topological polar surface area (TPSA) is 115 Å². The molecular weight excluding hydrogens is 706 g/mol. The average Bonchev–Trinajstić information content (AvgIpc) is 3.41. The summed E-state index contributed by atoms with van der Waals surface area (Å²) in [7, 11) is 0. The van der Waals surface area contributed by atoms with Crippen LogP contribution in [0.25, 0.3) is 10.8 Å². The summed E-state index contributed by atoms with van der Waals surface area (Å²) in [6.07, 6.45) is -1.19. The zero-order valence-electron chi connectivity index (χ0n) is 29.0. The molecule has 0 saturated carbocycles. The van der Waals surface area contributed by atoms with E-state index < -0.39 is 60.2 Å². The monoisotopic (exact) mass is 743 g/mol. The molecule has 1 aromatic heterocycles. The maximum atomic E-state index is 14.6. The van der Waals surface area contributed by atoms with E-state index in [-0.39, 0.29) is 50.2 Å². The maximum absolute atomic E-state index is 14.6. The molecule has 2 aromatic carbocycles. The van der Waals surface area contributed by atoms with Crippen molar-refractivity contribution in [1.29, 1.82) is 5.26 Å². The molecule has 3 aliphatic rings. The highest BCUT2D eigenvalue weighted by molar-refractivity contribution is 6.36. The fraction of sp³-hybridized carbons (Fsp3) is 0.472. The lowest BCUT2D eigenvalue weighted by Gasteiger charge is -2.42. The summed E-state index contributed by atoms with van der Waals surface area (Å²) in [6, 6.07) is 8.69. The number of aromatic nitrogens is 2. The fourth-order valence-corrected chi connectivity index (χ4v) is 7.25. The van der Waals surface area contributed by atoms with Gasteiger partial charge in [-0.2, -0.15) is 15.2 Å². The first-order chi connectivity index (χ1) is 24.5. The molecule has 4 heterocycles. The first kappa shape index (κ1) is 36.9. The van der Waals surface area contributed by atoms with Crippen LogP contribution in [-0.2, 0) is 22.5 Å². The van der Waals surface area contributed by atoms with Gasteiger partial charge in [0.05, 0.1) is 48.4 Å². The lowest BCUT2D eigenvalue weighted by molar-refractivity contribution is -0.131. The van der Waals surface area contributed by atoms with Gasteiger partial charge in [-0.05, 0) is 44.7 Å². The SMILES string of the molecule is C=C(F)C(=O)N1CCN(c2nc(OC[C@@H]3CC(F)(F)CN3C(=O)OC(C)(C)C)nc3c2CCN(c2cccc4ccc(F)c(Cl)c24)C3)C[C@@H]1CC#N. The first-order valence-corrected chi connectivity index (χ1v) is 17.2. The number of piperazine rings is 1. The lowest BCUT2D eigenvalue weighted by atomic mass is 10.0. The molecule has 3 aliphatic heterocycles. The van der Waals surface area contributed by atoms with Gasteiger partial charge >= 0.3 is 12.1 Å². The van der Waals surface area contributed by atoms with Gasteiger partial charge in [0.2, 0.25) is 0 Å². The number of likely N-dealkylation sites (tertiary alicyclic amines) is 1. The Bertz CT molecular complexity index is 1950. The van der Waals surface area contributed by atoms with Crippen molar-refractivity contribution < 1.29 is 36.6 Å². The molecule has 16 heteroatoms. The second-order valence-electron chi connectivity index (χ2n) is 14.2. The summed E-state index contributed by atoms with van der Waals surface area (Å²) in [6.45, 7) is 8.01. The Morgan fingerprint density at radius 3 is 2.58 bits per heavy atom. The first-order valence-electron chi connectivity index (χ1n) is 16.8. The number of fused-ring (bicyclic) bond motifs is 2. The zero-order valence-corrected chi connectivity index (χ0v) is 29.7. The summed E-state index contributed by atoms with van der Waals surface area (Å²) in [5, 5.41) is 10.8. The molecule has 2 fully saturated rings. The van der Waals surface area contributed by atoms with Gasteiger partial charge < -0.3 is 24.2 Å². The molecule has 0 unspecified atom stereocenters. The normalized spacial score (nSPS) is 20.1. The van der Waals surface area contributed by atoms with Crippen molar-refractivity contribution in [3.05, 3.63) is 64.8 Å². The van der Waals surface area contributed by atoms with Crippen molar-refractivity contribution >= 4 is 45.9 Å². The Labute approximate surface area is 303 Å². The van der Waals surface area contributed by atoms with Crippen LogP contribution in [0.5, 0.6) is 6.01 Å². The van der Waals surface area contributed by atoms with Gasteiger partial charge in [-0.15, -0.1) is 0 Å².